The van der Waals surface area contributed by atoms with Crippen LogP contribution in [0.1, 0.15) is 39.5 Å². The maximum Gasteiger partial charge on any atom is 0.411 e. The molecule has 102 valence electrons. The molecular weight excluding hydrogens is 231 g/mol. The number of rotatable bonds is 5. The minimum Gasteiger partial charge on any atom is -0.369 e. The Bertz CT molecular complexity index is 218. The third-order valence-electron chi connectivity index (χ3n) is 2.92. The maximum atomic E-state index is 12.0. The molecule has 2 nitrogen and oxygen atoms in total. The second kappa shape index (κ2) is 6.59. The van der Waals surface area contributed by atoms with Gasteiger partial charge >= 0.3 is 6.18 Å². The second-order valence-corrected chi connectivity index (χ2v) is 5.21. The molecule has 1 N–H and O–H groups in total. The number of nitrogens with one attached hydrogen (secondary N) is 1. The predicted molar refractivity (Wildman–Crippen MR) is 60.9 cm³/mol. The molecule has 0 aliphatic heterocycles. The first kappa shape index (κ1) is 14.8. The van der Waals surface area contributed by atoms with Gasteiger partial charge in [0.1, 0.15) is 6.61 Å². The van der Waals surface area contributed by atoms with Gasteiger partial charge in [0.25, 0.3) is 0 Å². The highest BCUT2D eigenvalue weighted by Gasteiger charge is 2.31. The van der Waals surface area contributed by atoms with E-state index in [9.17, 15) is 13.2 Å². The van der Waals surface area contributed by atoms with Crippen molar-refractivity contribution in [3.8, 4) is 0 Å². The van der Waals surface area contributed by atoms with E-state index in [4.69, 9.17) is 4.74 Å². The lowest BCUT2D eigenvalue weighted by molar-refractivity contribution is -0.188. The summed E-state index contributed by atoms with van der Waals surface area (Å²) >= 11 is 0. The SMILES string of the molecule is CC(C)CNC1CCCC(OCC(F)(F)F)C1. The van der Waals surface area contributed by atoms with Gasteiger partial charge in [-0.2, -0.15) is 13.2 Å². The van der Waals surface area contributed by atoms with Gasteiger partial charge in [-0.1, -0.05) is 13.8 Å². The molecule has 1 saturated carbocycles. The van der Waals surface area contributed by atoms with Gasteiger partial charge in [-0.25, -0.2) is 0 Å². The normalized spacial score (nSPS) is 26.5. The molecule has 1 fully saturated rings. The average molecular weight is 253 g/mol. The zero-order chi connectivity index (χ0) is 12.9. The third-order valence-corrected chi connectivity index (χ3v) is 2.92. The van der Waals surface area contributed by atoms with E-state index < -0.39 is 12.8 Å². The molecule has 0 radical (unpaired) electrons. The molecule has 0 aromatic carbocycles. The molecule has 0 amide bonds. The Kier molecular flexibility index (Phi) is 5.73. The van der Waals surface area contributed by atoms with E-state index in [2.05, 4.69) is 19.2 Å². The van der Waals surface area contributed by atoms with Crippen molar-refractivity contribution >= 4 is 0 Å². The predicted octanol–water partition coefficient (Wildman–Crippen LogP) is 3.12. The average Bonchev–Trinajstić information content (AvgIpc) is 2.23. The number of hydrogen-bond acceptors (Lipinski definition) is 2. The molecule has 0 saturated heterocycles. The van der Waals surface area contributed by atoms with E-state index in [0.29, 0.717) is 18.4 Å². The molecule has 2 unspecified atom stereocenters. The van der Waals surface area contributed by atoms with E-state index in [1.807, 2.05) is 0 Å². The molecule has 1 aliphatic carbocycles. The van der Waals surface area contributed by atoms with Crippen molar-refractivity contribution in [2.45, 2.75) is 57.9 Å². The van der Waals surface area contributed by atoms with Gasteiger partial charge in [-0.3, -0.25) is 0 Å². The highest BCUT2D eigenvalue weighted by molar-refractivity contribution is 4.79. The number of halogens is 3. The summed E-state index contributed by atoms with van der Waals surface area (Å²) in [5.41, 5.74) is 0. The third kappa shape index (κ3) is 6.88. The van der Waals surface area contributed by atoms with Crippen LogP contribution in [0.5, 0.6) is 0 Å². The molecule has 0 heterocycles. The number of alkyl halides is 3. The fourth-order valence-electron chi connectivity index (χ4n) is 2.10. The summed E-state index contributed by atoms with van der Waals surface area (Å²) in [4.78, 5) is 0. The van der Waals surface area contributed by atoms with Crippen LogP contribution in [0.15, 0.2) is 0 Å². The lowest BCUT2D eigenvalue weighted by Gasteiger charge is -2.30. The lowest BCUT2D eigenvalue weighted by Crippen LogP contribution is -2.39. The highest BCUT2D eigenvalue weighted by Crippen LogP contribution is 2.24. The van der Waals surface area contributed by atoms with E-state index in [1.165, 1.54) is 0 Å². The summed E-state index contributed by atoms with van der Waals surface area (Å²) in [6.45, 7) is 4.03. The summed E-state index contributed by atoms with van der Waals surface area (Å²) in [6.07, 6.45) is -1.02. The molecule has 1 aliphatic rings. The van der Waals surface area contributed by atoms with Crippen LogP contribution >= 0.6 is 0 Å². The van der Waals surface area contributed by atoms with Crippen LogP contribution in [-0.2, 0) is 4.74 Å². The molecule has 1 rings (SSSR count). The smallest absolute Gasteiger partial charge is 0.369 e. The van der Waals surface area contributed by atoms with Crippen molar-refractivity contribution in [1.82, 2.24) is 5.32 Å². The van der Waals surface area contributed by atoms with E-state index in [1.54, 1.807) is 0 Å². The molecule has 0 spiro atoms. The van der Waals surface area contributed by atoms with Gasteiger partial charge in [0.05, 0.1) is 6.10 Å². The number of ether oxygens (including phenoxy) is 1. The minimum absolute atomic E-state index is 0.241. The van der Waals surface area contributed by atoms with Gasteiger partial charge in [-0.05, 0) is 38.1 Å². The minimum atomic E-state index is -4.21. The Morgan fingerprint density at radius 1 is 1.29 bits per heavy atom. The Labute approximate surface area is 101 Å². The maximum absolute atomic E-state index is 12.0. The first-order valence-corrected chi connectivity index (χ1v) is 6.28. The highest BCUT2D eigenvalue weighted by atomic mass is 19.4. The van der Waals surface area contributed by atoms with Crippen molar-refractivity contribution in [2.75, 3.05) is 13.2 Å². The molecule has 0 bridgehead atoms. The van der Waals surface area contributed by atoms with Gasteiger partial charge in [0, 0.05) is 6.04 Å². The van der Waals surface area contributed by atoms with Gasteiger partial charge < -0.3 is 10.1 Å². The van der Waals surface area contributed by atoms with Gasteiger partial charge in [0.15, 0.2) is 0 Å². The summed E-state index contributed by atoms with van der Waals surface area (Å²) < 4.78 is 41.0. The van der Waals surface area contributed by atoms with Crippen LogP contribution < -0.4 is 5.32 Å². The van der Waals surface area contributed by atoms with E-state index in [-0.39, 0.29) is 6.10 Å². The molecule has 0 aromatic rings. The Hall–Kier alpha value is -0.290. The van der Waals surface area contributed by atoms with Crippen LogP contribution in [-0.4, -0.2) is 31.5 Å². The van der Waals surface area contributed by atoms with Crippen molar-refractivity contribution in [3.05, 3.63) is 0 Å². The topological polar surface area (TPSA) is 21.3 Å². The van der Waals surface area contributed by atoms with Gasteiger partial charge in [0.2, 0.25) is 0 Å². The number of hydrogen-bond donors (Lipinski definition) is 1. The van der Waals surface area contributed by atoms with E-state index in [0.717, 1.165) is 25.8 Å². The van der Waals surface area contributed by atoms with Crippen molar-refractivity contribution in [3.63, 3.8) is 0 Å². The van der Waals surface area contributed by atoms with Gasteiger partial charge in [-0.15, -0.1) is 0 Å². The first-order valence-electron chi connectivity index (χ1n) is 6.28. The van der Waals surface area contributed by atoms with Crippen LogP contribution in [0.4, 0.5) is 13.2 Å². The van der Waals surface area contributed by atoms with E-state index >= 15 is 0 Å². The zero-order valence-corrected chi connectivity index (χ0v) is 10.5. The fourth-order valence-corrected chi connectivity index (χ4v) is 2.10. The Balaban J connectivity index is 2.24. The monoisotopic (exact) mass is 253 g/mol. The Morgan fingerprint density at radius 2 is 2.00 bits per heavy atom. The van der Waals surface area contributed by atoms with Crippen molar-refractivity contribution < 1.29 is 17.9 Å². The van der Waals surface area contributed by atoms with Crippen LogP contribution in [0, 0.1) is 5.92 Å². The van der Waals surface area contributed by atoms with Crippen molar-refractivity contribution in [1.29, 1.82) is 0 Å². The molecule has 0 aromatic heterocycles. The zero-order valence-electron chi connectivity index (χ0n) is 10.5. The summed E-state index contributed by atoms with van der Waals surface area (Å²) in [7, 11) is 0. The second-order valence-electron chi connectivity index (χ2n) is 5.21. The molecule has 2 atom stereocenters. The van der Waals surface area contributed by atoms with Crippen LogP contribution in [0.25, 0.3) is 0 Å². The first-order chi connectivity index (χ1) is 7.87. The molecule has 17 heavy (non-hydrogen) atoms. The summed E-state index contributed by atoms with van der Waals surface area (Å²) in [5.74, 6) is 0.562. The lowest BCUT2D eigenvalue weighted by atomic mass is 9.92. The van der Waals surface area contributed by atoms with Crippen LogP contribution in [0.2, 0.25) is 0 Å². The summed E-state index contributed by atoms with van der Waals surface area (Å²) in [5, 5.41) is 3.39. The fraction of sp³-hybridized carbons (Fsp3) is 1.00. The quantitative estimate of drug-likeness (QED) is 0.812. The molecular formula is C12H22F3NO. The standard InChI is InChI=1S/C12H22F3NO/c1-9(2)7-16-10-4-3-5-11(6-10)17-8-12(13,14)15/h9-11,16H,3-8H2,1-2H3. The summed E-state index contributed by atoms with van der Waals surface area (Å²) in [6, 6.07) is 0.310. The van der Waals surface area contributed by atoms with Crippen molar-refractivity contribution in [2.24, 2.45) is 5.92 Å². The largest absolute Gasteiger partial charge is 0.411 e. The van der Waals surface area contributed by atoms with Crippen LogP contribution in [0.3, 0.4) is 0 Å². The Morgan fingerprint density at radius 3 is 2.59 bits per heavy atom. The molecule has 5 heteroatoms.